The van der Waals surface area contributed by atoms with Gasteiger partial charge in [0.1, 0.15) is 73.4 Å². The average Bonchev–Trinajstić information content (AvgIpc) is 0.816. The molecule has 0 atom stereocenters. The lowest BCUT2D eigenvalue weighted by Gasteiger charge is -2.09. The predicted octanol–water partition coefficient (Wildman–Crippen LogP) is 16.2. The highest BCUT2D eigenvalue weighted by molar-refractivity contribution is 9.10. The monoisotopic (exact) mass is 1770 g/mol. The van der Waals surface area contributed by atoms with Gasteiger partial charge in [-0.1, -0.05) is 58.4 Å². The lowest BCUT2D eigenvalue weighted by atomic mass is 10.1. The van der Waals surface area contributed by atoms with Gasteiger partial charge in [-0.3, -0.25) is 27.1 Å². The van der Waals surface area contributed by atoms with E-state index < -0.39 is 35.0 Å². The van der Waals surface area contributed by atoms with Crippen LogP contribution in [0.4, 0.5) is 30.7 Å². The number of benzene rings is 10. The Morgan fingerprint density at radius 1 is 0.356 bits per heavy atom. The van der Waals surface area contributed by atoms with Crippen LogP contribution in [0.5, 0.6) is 28.7 Å². The molecule has 0 heterocycles. The van der Waals surface area contributed by atoms with E-state index in [1.807, 2.05) is 130 Å². The number of hydrogen-bond donors (Lipinski definition) is 10. The molecule has 0 spiro atoms. The number of hydrazone groups is 5. The Morgan fingerprint density at radius 3 is 0.949 bits per heavy atom. The van der Waals surface area contributed by atoms with Crippen molar-refractivity contribution in [3.8, 4) is 28.7 Å². The minimum absolute atomic E-state index is 0.0154. The van der Waals surface area contributed by atoms with Gasteiger partial charge >= 0.3 is 12.1 Å². The van der Waals surface area contributed by atoms with Crippen molar-refractivity contribution in [3.63, 3.8) is 0 Å². The summed E-state index contributed by atoms with van der Waals surface area (Å²) in [5.74, 6) is -0.0685. The van der Waals surface area contributed by atoms with Crippen molar-refractivity contribution in [3.05, 3.63) is 325 Å². The molecule has 10 rings (SSSR count). The first kappa shape index (κ1) is 94.3. The van der Waals surface area contributed by atoms with Crippen LogP contribution in [0.3, 0.4) is 0 Å². The molecule has 0 saturated heterocycles. The fourth-order valence-corrected chi connectivity index (χ4v) is 10.0. The molecular weight excluding hydrogens is 1690 g/mol. The third kappa shape index (κ3) is 35.3. The lowest BCUT2D eigenvalue weighted by molar-refractivity contribution is -0.137. The van der Waals surface area contributed by atoms with Gasteiger partial charge in [0, 0.05) is 16.1 Å². The Bertz CT molecular complexity index is 5180. The number of thiocarbonyl (C=S) groups is 5. The number of halogens is 8. The maximum Gasteiger partial charge on any atom is 0.416 e. The van der Waals surface area contributed by atoms with Gasteiger partial charge in [-0.05, 0) is 328 Å². The molecule has 0 aliphatic rings. The molecular formula is C83H81BrF7N15O7S5. The van der Waals surface area contributed by atoms with E-state index in [0.717, 1.165) is 96.7 Å². The number of carbonyl (C=O) groups is 1. The van der Waals surface area contributed by atoms with E-state index in [-0.39, 0.29) is 56.9 Å². The van der Waals surface area contributed by atoms with Gasteiger partial charge in [-0.25, -0.2) is 22.4 Å². The zero-order chi connectivity index (χ0) is 86.3. The Kier molecular flexibility index (Phi) is 39.0. The SMILES string of the molecule is C/C(=N\NC(N)=S)c1ccc(OCc2ccc(C(F)(F)F)cc2)cc1.C/C(=N\NC(N)=S)c1ccc(OCc2ccc(F)c(F)c2)cc1.C/C(=N\NC(N)=S)c1ccc(OCc2ccc(F)cc2F)cc1.C/C(=N\NC(N)=S)c1ccc(OCc2cccc(Br)c2)cc1.COC(=O)c1ccc(COc2ccc(/C(C)=N/NC(N)=S)cc2)cc1. The number of alkyl halides is 3. The van der Waals surface area contributed by atoms with Crippen molar-refractivity contribution < 1.29 is 63.9 Å². The van der Waals surface area contributed by atoms with Crippen molar-refractivity contribution in [1.29, 1.82) is 0 Å². The summed E-state index contributed by atoms with van der Waals surface area (Å²) in [4.78, 5) is 11.4. The van der Waals surface area contributed by atoms with Crippen LogP contribution in [0.25, 0.3) is 0 Å². The zero-order valence-corrected chi connectivity index (χ0v) is 69.7. The average molecular weight is 1770 g/mol. The number of nitrogens with zero attached hydrogens (tertiary/aromatic N) is 5. The van der Waals surface area contributed by atoms with Crippen LogP contribution in [0.1, 0.15) is 106 Å². The molecule has 118 heavy (non-hydrogen) atoms. The highest BCUT2D eigenvalue weighted by Gasteiger charge is 2.30. The van der Waals surface area contributed by atoms with Crippen LogP contribution >= 0.6 is 77.0 Å². The minimum atomic E-state index is -4.34. The number of rotatable bonds is 26. The fraction of sp³-hybridized carbons (Fsp3) is 0.145. The standard InChI is InChI=1S/C18H19N3O3S.C17H16F3N3OS.C16H16BrN3OS.2C16H15F2N3OS/c1-12(20-21-18(19)25)14-7-9-16(10-8-14)24-11-13-3-5-15(6-4-13)17(22)23-2;1-11(22-23-16(21)25)13-4-8-15(9-5-13)24-10-12-2-6-14(7-3-12)17(18,19)20;1-11(19-20-16(18)22)13-5-7-15(8-6-13)21-10-12-3-2-4-14(17)9-12;1-10(20-21-16(19)23)12-3-5-13(6-4-12)22-9-11-2-7-14(17)15(18)8-11;1-10(20-21-16(19)23)11-3-6-14(7-4-11)22-9-12-2-5-13(17)8-15(12)18/h3-10H,11H2,1-2H3,(H3,19,21,25);2-9H,10H2,1H3,(H3,21,23,25);2-9H,10H2,1H3,(H3,18,20,22);2*2-8H,9H2,1H3,(H3,19,21,23)/b20-12+;22-11+;19-11+;2*20-10+. The van der Waals surface area contributed by atoms with Gasteiger partial charge in [0.2, 0.25) is 0 Å². The highest BCUT2D eigenvalue weighted by atomic mass is 79.9. The maximum atomic E-state index is 13.5. The summed E-state index contributed by atoms with van der Waals surface area (Å²) < 4.78 is 124. The van der Waals surface area contributed by atoms with Crippen molar-refractivity contribution in [1.82, 2.24) is 27.1 Å². The molecule has 0 fully saturated rings. The van der Waals surface area contributed by atoms with Crippen LogP contribution in [0.2, 0.25) is 0 Å². The molecule has 0 unspecified atom stereocenters. The van der Waals surface area contributed by atoms with Crippen LogP contribution in [0, 0.1) is 23.3 Å². The summed E-state index contributed by atoms with van der Waals surface area (Å²) >= 11 is 26.9. The molecule has 0 aliphatic heterocycles. The van der Waals surface area contributed by atoms with Gasteiger partial charge in [-0.2, -0.15) is 38.7 Å². The molecule has 22 nitrogen and oxygen atoms in total. The normalized spacial score (nSPS) is 11.3. The van der Waals surface area contributed by atoms with Crippen LogP contribution < -0.4 is 79.5 Å². The quantitative estimate of drug-likeness (QED) is 0.00791. The molecule has 0 aromatic heterocycles. The number of ether oxygens (including phenoxy) is 6. The van der Waals surface area contributed by atoms with E-state index in [1.165, 1.54) is 37.4 Å². The summed E-state index contributed by atoms with van der Waals surface area (Å²) in [5.41, 5.74) is 50.8. The van der Waals surface area contributed by atoms with Crippen LogP contribution in [-0.2, 0) is 43.9 Å². The van der Waals surface area contributed by atoms with Crippen LogP contribution in [0.15, 0.2) is 261 Å². The second-order valence-corrected chi connectivity index (χ2v) is 27.5. The van der Waals surface area contributed by atoms with E-state index >= 15 is 0 Å². The van der Waals surface area contributed by atoms with Gasteiger partial charge in [0.25, 0.3) is 0 Å². The first-order valence-electron chi connectivity index (χ1n) is 34.8. The molecule has 0 aliphatic carbocycles. The molecule has 10 aromatic rings. The number of methoxy groups -OCH3 is 1. The van der Waals surface area contributed by atoms with Crippen LogP contribution in [-0.4, -0.2) is 67.2 Å². The number of hydrogen-bond acceptors (Lipinski definition) is 17. The van der Waals surface area contributed by atoms with Crippen molar-refractivity contribution in [2.24, 2.45) is 54.2 Å². The smallest absolute Gasteiger partial charge is 0.416 e. The summed E-state index contributed by atoms with van der Waals surface area (Å²) in [6.45, 7) is 10.4. The first-order valence-corrected chi connectivity index (χ1v) is 37.6. The molecule has 15 N–H and O–H groups in total. The van der Waals surface area contributed by atoms with Gasteiger partial charge < -0.3 is 57.1 Å². The lowest BCUT2D eigenvalue weighted by Crippen LogP contribution is -2.25. The summed E-state index contributed by atoms with van der Waals surface area (Å²) in [6, 6.07) is 63.6. The van der Waals surface area contributed by atoms with Gasteiger partial charge in [0.05, 0.1) is 46.8 Å². The molecule has 0 amide bonds. The summed E-state index contributed by atoms with van der Waals surface area (Å²) in [6.07, 6.45) is -4.34. The zero-order valence-electron chi connectivity index (χ0n) is 64.0. The largest absolute Gasteiger partial charge is 0.489 e. The number of nitrogens with two attached hydrogens (primary N) is 5. The third-order valence-electron chi connectivity index (χ3n) is 15.6. The molecule has 0 saturated carbocycles. The molecule has 0 bridgehead atoms. The first-order chi connectivity index (χ1) is 56.2. The van der Waals surface area contributed by atoms with Gasteiger partial charge in [0.15, 0.2) is 37.2 Å². The Balaban J connectivity index is 0.000000229. The van der Waals surface area contributed by atoms with Crippen molar-refractivity contribution in [2.75, 3.05) is 7.11 Å². The minimum Gasteiger partial charge on any atom is -0.489 e. The third-order valence-corrected chi connectivity index (χ3v) is 16.5. The van der Waals surface area contributed by atoms with E-state index in [9.17, 15) is 35.5 Å². The van der Waals surface area contributed by atoms with E-state index in [2.05, 4.69) is 110 Å². The molecule has 0 radical (unpaired) electrons. The fourth-order valence-electron chi connectivity index (χ4n) is 9.35. The second-order valence-electron chi connectivity index (χ2n) is 24.4. The number of esters is 1. The van der Waals surface area contributed by atoms with Crippen molar-refractivity contribution >= 4 is 137 Å². The predicted molar refractivity (Wildman–Crippen MR) is 471 cm³/mol. The number of carbonyl (C=O) groups excluding carboxylic acids is 1. The maximum absolute atomic E-state index is 13.5. The molecule has 10 aromatic carbocycles. The van der Waals surface area contributed by atoms with E-state index in [4.69, 9.17) is 76.8 Å². The molecule has 35 heteroatoms. The van der Waals surface area contributed by atoms with E-state index in [0.29, 0.717) is 64.3 Å². The number of nitrogens with one attached hydrogen (secondary N) is 5. The Morgan fingerprint density at radius 2 is 0.653 bits per heavy atom. The Labute approximate surface area is 712 Å². The molecule has 616 valence electrons. The summed E-state index contributed by atoms with van der Waals surface area (Å²) in [5, 5.41) is 20.7. The second kappa shape index (κ2) is 48.7. The highest BCUT2D eigenvalue weighted by Crippen LogP contribution is 2.30. The Hall–Kier alpha value is -12.5. The van der Waals surface area contributed by atoms with Crippen molar-refractivity contribution in [2.45, 2.75) is 73.8 Å². The summed E-state index contributed by atoms with van der Waals surface area (Å²) in [7, 11) is 1.36. The van der Waals surface area contributed by atoms with Gasteiger partial charge in [-0.15, -0.1) is 0 Å². The van der Waals surface area contributed by atoms with E-state index in [1.54, 1.807) is 74.5 Å². The topological polar surface area (TPSA) is 324 Å².